The standard InChI is InChI=1S/C38H29NO6/c1-38(2)30-8-4-3-6-21(30)22-12-11-20(16-31(22)38)39-32-9-5-7-23(32)24-14-19(10-13-33(24)39)15-29-34(40)25-17-27(36(42)43)28(37(44)45)18-26(25)35(29)41/h3-4,6,8,10-18,23,32H,5,7,9H2,1-2H3,(H,42,43)(H,44,45). The number of Topliss-reactive ketones (excluding diaryl/α,β-unsaturated/α-hetero) is 2. The van der Waals surface area contributed by atoms with E-state index >= 15 is 0 Å². The van der Waals surface area contributed by atoms with Crippen molar-refractivity contribution in [2.75, 3.05) is 4.90 Å². The third kappa shape index (κ3) is 3.76. The van der Waals surface area contributed by atoms with Gasteiger partial charge in [0, 0.05) is 39.9 Å². The minimum absolute atomic E-state index is 0.0847. The van der Waals surface area contributed by atoms with Crippen LogP contribution in [-0.4, -0.2) is 39.8 Å². The maximum absolute atomic E-state index is 13.3. The van der Waals surface area contributed by atoms with Crippen molar-refractivity contribution in [1.82, 2.24) is 0 Å². The van der Waals surface area contributed by atoms with Crippen molar-refractivity contribution in [2.45, 2.75) is 50.5 Å². The van der Waals surface area contributed by atoms with Crippen LogP contribution >= 0.6 is 0 Å². The Bertz CT molecular complexity index is 2030. The Balaban J connectivity index is 1.18. The Morgan fingerprint density at radius 3 is 2.13 bits per heavy atom. The zero-order valence-electron chi connectivity index (χ0n) is 24.8. The molecule has 8 rings (SSSR count). The molecule has 45 heavy (non-hydrogen) atoms. The molecule has 222 valence electrons. The number of carbonyl (C=O) groups is 4. The zero-order valence-corrected chi connectivity index (χ0v) is 24.8. The number of benzene rings is 4. The molecule has 1 saturated carbocycles. The van der Waals surface area contributed by atoms with E-state index in [0.29, 0.717) is 17.5 Å². The summed E-state index contributed by atoms with van der Waals surface area (Å²) in [4.78, 5) is 52.4. The number of carboxylic acids is 2. The van der Waals surface area contributed by atoms with Crippen LogP contribution in [0.1, 0.15) is 103 Å². The lowest BCUT2D eigenvalue weighted by Crippen LogP contribution is -2.27. The highest BCUT2D eigenvalue weighted by Crippen LogP contribution is 2.55. The lowest BCUT2D eigenvalue weighted by atomic mass is 9.82. The first-order valence-electron chi connectivity index (χ1n) is 15.2. The van der Waals surface area contributed by atoms with Gasteiger partial charge in [-0.3, -0.25) is 9.59 Å². The summed E-state index contributed by atoms with van der Waals surface area (Å²) in [6, 6.07) is 23.8. The van der Waals surface area contributed by atoms with Gasteiger partial charge in [-0.2, -0.15) is 0 Å². The summed E-state index contributed by atoms with van der Waals surface area (Å²) in [6.45, 7) is 4.57. The number of hydrogen-bond donors (Lipinski definition) is 2. The average Bonchev–Trinajstić information content (AvgIpc) is 3.73. The number of rotatable bonds is 4. The average molecular weight is 596 g/mol. The minimum Gasteiger partial charge on any atom is -0.478 e. The highest BCUT2D eigenvalue weighted by atomic mass is 16.4. The van der Waals surface area contributed by atoms with E-state index in [1.54, 1.807) is 6.08 Å². The number of fused-ring (bicyclic) bond motifs is 7. The number of aromatic carboxylic acids is 2. The predicted molar refractivity (Wildman–Crippen MR) is 170 cm³/mol. The van der Waals surface area contributed by atoms with Crippen molar-refractivity contribution in [3.05, 3.63) is 123 Å². The van der Waals surface area contributed by atoms with E-state index in [1.165, 1.54) is 27.8 Å². The summed E-state index contributed by atoms with van der Waals surface area (Å²) in [5.74, 6) is -3.83. The monoisotopic (exact) mass is 595 g/mol. The van der Waals surface area contributed by atoms with Gasteiger partial charge in [0.2, 0.25) is 0 Å². The summed E-state index contributed by atoms with van der Waals surface area (Å²) < 4.78 is 0. The van der Waals surface area contributed by atoms with E-state index < -0.39 is 34.6 Å². The maximum Gasteiger partial charge on any atom is 0.336 e. The largest absolute Gasteiger partial charge is 0.478 e. The molecule has 7 heteroatoms. The maximum atomic E-state index is 13.3. The van der Waals surface area contributed by atoms with Gasteiger partial charge >= 0.3 is 11.9 Å². The number of allylic oxidation sites excluding steroid dienone is 1. The van der Waals surface area contributed by atoms with Crippen LogP contribution in [0.2, 0.25) is 0 Å². The Morgan fingerprint density at radius 2 is 1.44 bits per heavy atom. The predicted octanol–water partition coefficient (Wildman–Crippen LogP) is 7.64. The molecule has 0 saturated heterocycles. The van der Waals surface area contributed by atoms with Crippen LogP contribution in [0, 0.1) is 0 Å². The molecule has 1 aliphatic heterocycles. The molecule has 0 spiro atoms. The Kier molecular flexibility index (Phi) is 5.66. The van der Waals surface area contributed by atoms with Gasteiger partial charge in [0.15, 0.2) is 11.6 Å². The van der Waals surface area contributed by atoms with Gasteiger partial charge in [0.25, 0.3) is 0 Å². The quantitative estimate of drug-likeness (QED) is 0.184. The number of anilines is 2. The fourth-order valence-electron chi connectivity index (χ4n) is 8.16. The molecule has 2 atom stereocenters. The van der Waals surface area contributed by atoms with E-state index in [-0.39, 0.29) is 22.1 Å². The van der Waals surface area contributed by atoms with Gasteiger partial charge < -0.3 is 15.1 Å². The molecule has 4 aromatic rings. The van der Waals surface area contributed by atoms with Gasteiger partial charge in [-0.25, -0.2) is 9.59 Å². The molecular formula is C38H29NO6. The van der Waals surface area contributed by atoms with Crippen molar-refractivity contribution >= 4 is 41.0 Å². The minimum atomic E-state index is -1.47. The molecule has 0 bridgehead atoms. The van der Waals surface area contributed by atoms with Gasteiger partial charge in [0.1, 0.15) is 0 Å². The number of ketones is 2. The number of nitrogens with zero attached hydrogens (tertiary/aromatic N) is 1. The van der Waals surface area contributed by atoms with Crippen LogP contribution in [0.5, 0.6) is 0 Å². The second kappa shape index (κ2) is 9.35. The fraction of sp³-hybridized carbons (Fsp3) is 0.211. The van der Waals surface area contributed by atoms with Gasteiger partial charge in [-0.15, -0.1) is 0 Å². The third-order valence-electron chi connectivity index (χ3n) is 10.3. The van der Waals surface area contributed by atoms with Crippen LogP contribution in [0.4, 0.5) is 11.4 Å². The van der Waals surface area contributed by atoms with Gasteiger partial charge in [-0.05, 0) is 88.7 Å². The Morgan fingerprint density at radius 1 is 0.778 bits per heavy atom. The Hall–Kier alpha value is -5.30. The highest BCUT2D eigenvalue weighted by Gasteiger charge is 2.44. The molecule has 1 heterocycles. The molecule has 0 aromatic heterocycles. The van der Waals surface area contributed by atoms with E-state index in [1.807, 2.05) is 6.07 Å². The van der Waals surface area contributed by atoms with E-state index in [9.17, 15) is 29.4 Å². The topological polar surface area (TPSA) is 112 Å². The number of hydrogen-bond acceptors (Lipinski definition) is 5. The molecule has 0 amide bonds. The molecule has 4 aromatic carbocycles. The smallest absolute Gasteiger partial charge is 0.336 e. The van der Waals surface area contributed by atoms with E-state index in [2.05, 4.69) is 73.3 Å². The van der Waals surface area contributed by atoms with Gasteiger partial charge in [0.05, 0.1) is 16.7 Å². The first-order valence-corrected chi connectivity index (χ1v) is 15.2. The van der Waals surface area contributed by atoms with Crippen molar-refractivity contribution < 1.29 is 29.4 Å². The normalized spacial score (nSPS) is 20.0. The first kappa shape index (κ1) is 27.3. The van der Waals surface area contributed by atoms with Crippen LogP contribution in [0.3, 0.4) is 0 Å². The number of carbonyl (C=O) groups excluding carboxylic acids is 2. The van der Waals surface area contributed by atoms with Crippen molar-refractivity contribution in [3.8, 4) is 11.1 Å². The molecular weight excluding hydrogens is 566 g/mol. The molecule has 3 aliphatic carbocycles. The van der Waals surface area contributed by atoms with Gasteiger partial charge in [-0.1, -0.05) is 56.7 Å². The van der Waals surface area contributed by atoms with E-state index in [0.717, 1.165) is 42.8 Å². The zero-order chi connectivity index (χ0) is 31.4. The molecule has 1 fully saturated rings. The van der Waals surface area contributed by atoms with Crippen molar-refractivity contribution in [3.63, 3.8) is 0 Å². The first-order chi connectivity index (χ1) is 21.6. The lowest BCUT2D eigenvalue weighted by Gasteiger charge is -2.29. The second-order valence-corrected chi connectivity index (χ2v) is 13.0. The molecule has 4 aliphatic rings. The summed E-state index contributed by atoms with van der Waals surface area (Å²) in [5, 5.41) is 19.0. The number of carboxylic acid groups (broad SMARTS) is 2. The van der Waals surface area contributed by atoms with Crippen LogP contribution < -0.4 is 4.90 Å². The van der Waals surface area contributed by atoms with Crippen molar-refractivity contribution in [2.24, 2.45) is 0 Å². The summed E-state index contributed by atoms with van der Waals surface area (Å²) >= 11 is 0. The SMILES string of the molecule is CC1(C)c2ccccc2-c2ccc(N3c4ccc(C=C5C(=O)c6cc(C(=O)O)c(C(=O)O)cc6C5=O)cc4C4CCCC43)cc21. The molecule has 2 N–H and O–H groups in total. The summed E-state index contributed by atoms with van der Waals surface area (Å²) in [6.07, 6.45) is 4.78. The Labute approximate surface area is 259 Å². The molecule has 0 radical (unpaired) electrons. The van der Waals surface area contributed by atoms with E-state index in [4.69, 9.17) is 0 Å². The summed E-state index contributed by atoms with van der Waals surface area (Å²) in [5.41, 5.74) is 8.00. The van der Waals surface area contributed by atoms with Crippen LogP contribution in [0.25, 0.3) is 17.2 Å². The second-order valence-electron chi connectivity index (χ2n) is 13.0. The fourth-order valence-corrected chi connectivity index (χ4v) is 8.16. The molecule has 2 unspecified atom stereocenters. The third-order valence-corrected chi connectivity index (χ3v) is 10.3. The lowest BCUT2D eigenvalue weighted by molar-refractivity contribution is 0.0651. The molecule has 7 nitrogen and oxygen atoms in total. The highest BCUT2D eigenvalue weighted by molar-refractivity contribution is 6.41. The summed E-state index contributed by atoms with van der Waals surface area (Å²) in [7, 11) is 0. The van der Waals surface area contributed by atoms with Crippen LogP contribution in [-0.2, 0) is 5.41 Å². The van der Waals surface area contributed by atoms with Crippen LogP contribution in [0.15, 0.2) is 78.4 Å². The van der Waals surface area contributed by atoms with Crippen molar-refractivity contribution in [1.29, 1.82) is 0 Å².